The second kappa shape index (κ2) is 6.67. The van der Waals surface area contributed by atoms with Crippen LogP contribution in [0.1, 0.15) is 33.6 Å². The van der Waals surface area contributed by atoms with Crippen LogP contribution in [0.5, 0.6) is 0 Å². The van der Waals surface area contributed by atoms with Crippen molar-refractivity contribution in [2.24, 2.45) is 0 Å². The third-order valence-corrected chi connectivity index (χ3v) is 6.52. The molecule has 1 N–H and O–H groups in total. The van der Waals surface area contributed by atoms with Gasteiger partial charge in [-0.3, -0.25) is 9.59 Å². The highest BCUT2D eigenvalue weighted by atomic mass is 32.2. The molecule has 2 amide bonds. The molecule has 2 fully saturated rings. The highest BCUT2D eigenvalue weighted by Gasteiger charge is 2.52. The molecule has 1 aromatic rings. The number of amides is 2. The number of nitrogens with one attached hydrogen (secondary N) is 1. The Hall–Kier alpha value is -1.69. The molecule has 0 aromatic heterocycles. The number of benzene rings is 1. The summed E-state index contributed by atoms with van der Waals surface area (Å²) in [6.07, 6.45) is 1.38. The van der Waals surface area contributed by atoms with Gasteiger partial charge in [-0.25, -0.2) is 0 Å². The zero-order valence-corrected chi connectivity index (χ0v) is 15.4. The van der Waals surface area contributed by atoms with Gasteiger partial charge in [0.2, 0.25) is 11.8 Å². The highest BCUT2D eigenvalue weighted by molar-refractivity contribution is 8.01. The average Bonchev–Trinajstić information content (AvgIpc) is 3.07. The lowest BCUT2D eigenvalue weighted by Gasteiger charge is -2.29. The van der Waals surface area contributed by atoms with Crippen molar-refractivity contribution in [3.8, 4) is 0 Å². The number of nitrogens with zero attached hydrogens (tertiary/aromatic N) is 2. The summed E-state index contributed by atoms with van der Waals surface area (Å²) in [7, 11) is 0. The number of anilines is 2. The summed E-state index contributed by atoms with van der Waals surface area (Å²) < 4.78 is 0. The lowest BCUT2D eigenvalue weighted by atomic mass is 10.2. The first-order valence-electron chi connectivity index (χ1n) is 8.60. The molecule has 2 aliphatic rings. The van der Waals surface area contributed by atoms with Crippen molar-refractivity contribution >= 4 is 35.0 Å². The molecule has 2 heterocycles. The van der Waals surface area contributed by atoms with Gasteiger partial charge in [-0.1, -0.05) is 0 Å². The predicted octanol–water partition coefficient (Wildman–Crippen LogP) is 2.93. The lowest BCUT2D eigenvalue weighted by molar-refractivity contribution is -0.135. The summed E-state index contributed by atoms with van der Waals surface area (Å²) in [4.78, 5) is 28.6. The van der Waals surface area contributed by atoms with E-state index in [2.05, 4.69) is 31.0 Å². The maximum absolute atomic E-state index is 12.6. The zero-order valence-electron chi connectivity index (χ0n) is 14.5. The highest BCUT2D eigenvalue weighted by Crippen LogP contribution is 2.47. The normalized spacial score (nSPS) is 25.7. The van der Waals surface area contributed by atoms with Crippen LogP contribution in [0.15, 0.2) is 24.3 Å². The molecule has 0 unspecified atom stereocenters. The van der Waals surface area contributed by atoms with Gasteiger partial charge < -0.3 is 15.1 Å². The summed E-state index contributed by atoms with van der Waals surface area (Å²) in [5.74, 6) is 0.683. The Morgan fingerprint density at radius 2 is 2.00 bits per heavy atom. The molecule has 130 valence electrons. The first-order valence-corrected chi connectivity index (χ1v) is 9.59. The number of rotatable bonds is 5. The molecule has 24 heavy (non-hydrogen) atoms. The topological polar surface area (TPSA) is 52.7 Å². The molecule has 2 saturated heterocycles. The van der Waals surface area contributed by atoms with Crippen LogP contribution in [0, 0.1) is 0 Å². The third-order valence-electron chi connectivity index (χ3n) is 5.01. The Bertz CT molecular complexity index is 630. The van der Waals surface area contributed by atoms with Crippen molar-refractivity contribution in [3.05, 3.63) is 24.3 Å². The van der Waals surface area contributed by atoms with E-state index in [9.17, 15) is 9.59 Å². The van der Waals surface area contributed by atoms with Crippen LogP contribution in [0.3, 0.4) is 0 Å². The Morgan fingerprint density at radius 3 is 2.62 bits per heavy atom. The first kappa shape index (κ1) is 17.1. The van der Waals surface area contributed by atoms with E-state index in [4.69, 9.17) is 0 Å². The molecule has 0 bridgehead atoms. The van der Waals surface area contributed by atoms with Crippen molar-refractivity contribution < 1.29 is 9.59 Å². The molecule has 0 radical (unpaired) electrons. The van der Waals surface area contributed by atoms with E-state index in [-0.39, 0.29) is 22.7 Å². The Labute approximate surface area is 147 Å². The zero-order chi connectivity index (χ0) is 17.3. The van der Waals surface area contributed by atoms with Gasteiger partial charge in [-0.15, -0.1) is 11.8 Å². The second-order valence-electron chi connectivity index (χ2n) is 6.47. The minimum atomic E-state index is -0.363. The third kappa shape index (κ3) is 2.99. The van der Waals surface area contributed by atoms with Gasteiger partial charge in [0.25, 0.3) is 0 Å². The SMILES string of the molecule is CCN(CC)c1ccc(NC(=O)[C@H]2CS[C@]3(C)CCC(=O)N23)cc1. The van der Waals surface area contributed by atoms with Crippen molar-refractivity contribution in [2.45, 2.75) is 44.5 Å². The molecule has 2 aliphatic heterocycles. The summed E-state index contributed by atoms with van der Waals surface area (Å²) in [5.41, 5.74) is 1.93. The molecule has 0 aliphatic carbocycles. The second-order valence-corrected chi connectivity index (χ2v) is 7.98. The summed E-state index contributed by atoms with van der Waals surface area (Å²) in [6.45, 7) is 8.23. The van der Waals surface area contributed by atoms with Crippen LogP contribution in [-0.2, 0) is 9.59 Å². The van der Waals surface area contributed by atoms with Gasteiger partial charge in [-0.05, 0) is 51.5 Å². The summed E-state index contributed by atoms with van der Waals surface area (Å²) >= 11 is 1.72. The summed E-state index contributed by atoms with van der Waals surface area (Å²) in [6, 6.07) is 7.54. The van der Waals surface area contributed by atoms with E-state index in [0.29, 0.717) is 12.2 Å². The van der Waals surface area contributed by atoms with Gasteiger partial charge in [-0.2, -0.15) is 0 Å². The largest absolute Gasteiger partial charge is 0.372 e. The number of thioether (sulfide) groups is 1. The molecule has 6 heteroatoms. The fourth-order valence-electron chi connectivity index (χ4n) is 3.58. The predicted molar refractivity (Wildman–Crippen MR) is 99.4 cm³/mol. The molecule has 5 nitrogen and oxygen atoms in total. The average molecular weight is 347 g/mol. The van der Waals surface area contributed by atoms with Crippen LogP contribution < -0.4 is 10.2 Å². The number of hydrogen-bond donors (Lipinski definition) is 1. The van der Waals surface area contributed by atoms with Crippen LogP contribution in [-0.4, -0.2) is 46.5 Å². The minimum absolute atomic E-state index is 0.0861. The smallest absolute Gasteiger partial charge is 0.248 e. The Balaban J connectivity index is 1.68. The molecule has 0 saturated carbocycles. The van der Waals surface area contributed by atoms with E-state index < -0.39 is 0 Å². The van der Waals surface area contributed by atoms with Crippen molar-refractivity contribution in [3.63, 3.8) is 0 Å². The van der Waals surface area contributed by atoms with E-state index in [1.807, 2.05) is 24.3 Å². The Kier molecular flexibility index (Phi) is 4.76. The standard InChI is InChI=1S/C18H25N3O2S/c1-4-20(5-2)14-8-6-13(7-9-14)19-17(23)15-12-24-18(3)11-10-16(22)21(15)18/h6-9,15H,4-5,10-12H2,1-3H3,(H,19,23)/t15-,18-/m1/s1. The van der Waals surface area contributed by atoms with Gasteiger partial charge >= 0.3 is 0 Å². The quantitative estimate of drug-likeness (QED) is 0.890. The van der Waals surface area contributed by atoms with Crippen molar-refractivity contribution in [2.75, 3.05) is 29.1 Å². The fraction of sp³-hybridized carbons (Fsp3) is 0.556. The molecule has 3 rings (SSSR count). The van der Waals surface area contributed by atoms with Crippen LogP contribution in [0.4, 0.5) is 11.4 Å². The number of hydrogen-bond acceptors (Lipinski definition) is 4. The van der Waals surface area contributed by atoms with E-state index in [1.165, 1.54) is 0 Å². The maximum Gasteiger partial charge on any atom is 0.248 e. The molecular weight excluding hydrogens is 322 g/mol. The molecular formula is C18H25N3O2S. The van der Waals surface area contributed by atoms with Crippen molar-refractivity contribution in [1.82, 2.24) is 4.90 Å². The maximum atomic E-state index is 12.6. The number of carbonyl (C=O) groups is 2. The van der Waals surface area contributed by atoms with Gasteiger partial charge in [0.15, 0.2) is 0 Å². The van der Waals surface area contributed by atoms with Crippen molar-refractivity contribution in [1.29, 1.82) is 0 Å². The molecule has 2 atom stereocenters. The fourth-order valence-corrected chi connectivity index (χ4v) is 5.02. The summed E-state index contributed by atoms with van der Waals surface area (Å²) in [5, 5.41) is 2.97. The number of carbonyl (C=O) groups excluding carboxylic acids is 2. The van der Waals surface area contributed by atoms with Gasteiger partial charge in [0.1, 0.15) is 6.04 Å². The minimum Gasteiger partial charge on any atom is -0.372 e. The van der Waals surface area contributed by atoms with Crippen LogP contribution >= 0.6 is 11.8 Å². The molecule has 0 spiro atoms. The van der Waals surface area contributed by atoms with Gasteiger partial charge in [0.05, 0.1) is 4.87 Å². The lowest BCUT2D eigenvalue weighted by Crippen LogP contribution is -2.48. The monoisotopic (exact) mass is 347 g/mol. The molecule has 1 aromatic carbocycles. The van der Waals surface area contributed by atoms with Crippen LogP contribution in [0.25, 0.3) is 0 Å². The Morgan fingerprint density at radius 1 is 1.33 bits per heavy atom. The van der Waals surface area contributed by atoms with Gasteiger partial charge in [0, 0.05) is 36.6 Å². The number of fused-ring (bicyclic) bond motifs is 1. The van der Waals surface area contributed by atoms with Crippen LogP contribution in [0.2, 0.25) is 0 Å². The first-order chi connectivity index (χ1) is 11.5. The van der Waals surface area contributed by atoms with E-state index >= 15 is 0 Å². The van der Waals surface area contributed by atoms with E-state index in [0.717, 1.165) is 30.9 Å². The van der Waals surface area contributed by atoms with E-state index in [1.54, 1.807) is 16.7 Å².